The molecule has 0 aromatic heterocycles. The summed E-state index contributed by atoms with van der Waals surface area (Å²) in [5.74, 6) is -1.50. The van der Waals surface area contributed by atoms with E-state index in [1.807, 2.05) is 0 Å². The van der Waals surface area contributed by atoms with Gasteiger partial charge in [0.15, 0.2) is 9.84 Å². The summed E-state index contributed by atoms with van der Waals surface area (Å²) in [5.41, 5.74) is 5.34. The minimum absolute atomic E-state index is 0.0109. The number of halogens is 2. The highest BCUT2D eigenvalue weighted by molar-refractivity contribution is 7.99. The molecule has 0 bridgehead atoms. The van der Waals surface area contributed by atoms with E-state index in [1.54, 1.807) is 0 Å². The molecule has 2 rings (SSSR count). The molecule has 0 spiro atoms. The Kier molecular flexibility index (Phi) is 4.01. The van der Waals surface area contributed by atoms with E-state index in [1.165, 1.54) is 24.3 Å². The molecule has 3 nitrogen and oxygen atoms in total. The molecule has 0 aliphatic rings. The van der Waals surface area contributed by atoms with Gasteiger partial charge < -0.3 is 5.73 Å². The van der Waals surface area contributed by atoms with Crippen LogP contribution in [0.2, 0.25) is 0 Å². The Labute approximate surface area is 119 Å². The fourth-order valence-electron chi connectivity index (χ4n) is 1.55. The van der Waals surface area contributed by atoms with Gasteiger partial charge in [0.05, 0.1) is 9.79 Å². The Hall–Kier alpha value is -1.60. The Morgan fingerprint density at radius 3 is 2.00 bits per heavy atom. The molecule has 0 saturated heterocycles. The molecular formula is C13H11F2NO2S2. The van der Waals surface area contributed by atoms with Crippen molar-refractivity contribution in [3.63, 3.8) is 0 Å². The highest BCUT2D eigenvalue weighted by Gasteiger charge is 2.13. The molecule has 2 aromatic rings. The van der Waals surface area contributed by atoms with Crippen molar-refractivity contribution >= 4 is 27.3 Å². The third-order valence-electron chi connectivity index (χ3n) is 2.49. The number of hydrogen-bond donors (Lipinski definition) is 1. The first-order chi connectivity index (χ1) is 9.27. The lowest BCUT2D eigenvalue weighted by atomic mass is 10.3. The van der Waals surface area contributed by atoms with E-state index >= 15 is 0 Å². The van der Waals surface area contributed by atoms with E-state index in [9.17, 15) is 17.2 Å². The predicted octanol–water partition coefficient (Wildman–Crippen LogP) is 3.10. The van der Waals surface area contributed by atoms with E-state index in [2.05, 4.69) is 0 Å². The number of hydrogen-bond acceptors (Lipinski definition) is 4. The van der Waals surface area contributed by atoms with Crippen molar-refractivity contribution in [3.05, 3.63) is 48.0 Å². The van der Waals surface area contributed by atoms with Crippen molar-refractivity contribution in [1.82, 2.24) is 0 Å². The summed E-state index contributed by atoms with van der Waals surface area (Å²) in [4.78, 5) is 0.506. The summed E-state index contributed by atoms with van der Waals surface area (Å²) < 4.78 is 49.9. The first-order valence-corrected chi connectivity index (χ1v) is 8.20. The molecule has 106 valence electrons. The van der Waals surface area contributed by atoms with Crippen LogP contribution in [0.4, 0.5) is 14.5 Å². The van der Waals surface area contributed by atoms with Crippen molar-refractivity contribution in [2.75, 3.05) is 12.0 Å². The van der Waals surface area contributed by atoms with Gasteiger partial charge in [-0.25, -0.2) is 17.2 Å². The number of nitrogen functional groups attached to an aromatic ring is 1. The van der Waals surface area contributed by atoms with Crippen molar-refractivity contribution < 1.29 is 17.2 Å². The fourth-order valence-corrected chi connectivity index (χ4v) is 3.00. The van der Waals surface area contributed by atoms with Crippen LogP contribution in [0.15, 0.2) is 51.1 Å². The van der Waals surface area contributed by atoms with Crippen LogP contribution in [0.25, 0.3) is 0 Å². The summed E-state index contributed by atoms with van der Waals surface area (Å²) in [7, 11) is -3.29. The summed E-state index contributed by atoms with van der Waals surface area (Å²) in [6.45, 7) is 0. The van der Waals surface area contributed by atoms with Crippen molar-refractivity contribution in [2.24, 2.45) is 0 Å². The molecule has 0 heterocycles. The van der Waals surface area contributed by atoms with Gasteiger partial charge in [-0.3, -0.25) is 0 Å². The standard InChI is InChI=1S/C13H11F2NO2S2/c1-20(17,18)10-4-2-9(3-5-10)19-13-11(14)6-8(16)7-12(13)15/h2-7H,16H2,1H3. The molecule has 2 N–H and O–H groups in total. The van der Waals surface area contributed by atoms with Gasteiger partial charge in [-0.1, -0.05) is 11.8 Å². The monoisotopic (exact) mass is 315 g/mol. The number of sulfone groups is 1. The zero-order valence-corrected chi connectivity index (χ0v) is 12.1. The molecule has 0 aliphatic carbocycles. The molecule has 0 amide bonds. The lowest BCUT2D eigenvalue weighted by Crippen LogP contribution is -1.96. The number of anilines is 1. The first kappa shape index (κ1) is 14.8. The van der Waals surface area contributed by atoms with Crippen molar-refractivity contribution in [2.45, 2.75) is 14.7 Å². The maximum atomic E-state index is 13.6. The molecule has 2 aromatic carbocycles. The second-order valence-electron chi connectivity index (χ2n) is 4.16. The molecule has 0 fully saturated rings. The molecule has 0 atom stereocenters. The molecule has 0 radical (unpaired) electrons. The van der Waals surface area contributed by atoms with Gasteiger partial charge in [0.25, 0.3) is 0 Å². The average molecular weight is 315 g/mol. The summed E-state index contributed by atoms with van der Waals surface area (Å²) in [5, 5.41) is 0. The largest absolute Gasteiger partial charge is 0.399 e. The Morgan fingerprint density at radius 1 is 1.05 bits per heavy atom. The summed E-state index contributed by atoms with van der Waals surface area (Å²) >= 11 is 0.868. The van der Waals surface area contributed by atoms with Crippen LogP contribution in [0.3, 0.4) is 0 Å². The predicted molar refractivity (Wildman–Crippen MR) is 74.4 cm³/mol. The van der Waals surface area contributed by atoms with Gasteiger partial charge in [-0.15, -0.1) is 0 Å². The third kappa shape index (κ3) is 3.29. The lowest BCUT2D eigenvalue weighted by Gasteiger charge is -2.06. The van der Waals surface area contributed by atoms with Gasteiger partial charge in [-0.05, 0) is 36.4 Å². The first-order valence-electron chi connectivity index (χ1n) is 5.50. The van der Waals surface area contributed by atoms with Gasteiger partial charge in [-0.2, -0.15) is 0 Å². The summed E-state index contributed by atoms with van der Waals surface area (Å²) in [6.07, 6.45) is 1.09. The number of nitrogens with two attached hydrogens (primary N) is 1. The van der Waals surface area contributed by atoms with E-state index in [4.69, 9.17) is 5.73 Å². The minimum Gasteiger partial charge on any atom is -0.399 e. The van der Waals surface area contributed by atoms with E-state index in [0.717, 1.165) is 30.2 Å². The normalized spacial score (nSPS) is 11.6. The van der Waals surface area contributed by atoms with Crippen LogP contribution in [0, 0.1) is 11.6 Å². The molecule has 20 heavy (non-hydrogen) atoms. The van der Waals surface area contributed by atoms with Crippen LogP contribution in [-0.4, -0.2) is 14.7 Å². The van der Waals surface area contributed by atoms with Crippen LogP contribution in [-0.2, 0) is 9.84 Å². The molecular weight excluding hydrogens is 304 g/mol. The van der Waals surface area contributed by atoms with Gasteiger partial charge in [0.1, 0.15) is 11.6 Å². The van der Waals surface area contributed by atoms with Crippen LogP contribution in [0.1, 0.15) is 0 Å². The SMILES string of the molecule is CS(=O)(=O)c1ccc(Sc2c(F)cc(N)cc2F)cc1. The Bertz CT molecular complexity index is 720. The third-order valence-corrected chi connectivity index (χ3v) is 4.72. The zero-order valence-electron chi connectivity index (χ0n) is 10.4. The summed E-state index contributed by atoms with van der Waals surface area (Å²) in [6, 6.07) is 7.86. The molecule has 0 saturated carbocycles. The number of benzene rings is 2. The number of rotatable bonds is 3. The maximum Gasteiger partial charge on any atom is 0.175 e. The van der Waals surface area contributed by atoms with Crippen LogP contribution < -0.4 is 5.73 Å². The molecule has 0 unspecified atom stereocenters. The van der Waals surface area contributed by atoms with Crippen LogP contribution in [0.5, 0.6) is 0 Å². The smallest absolute Gasteiger partial charge is 0.175 e. The zero-order chi connectivity index (χ0) is 14.9. The Morgan fingerprint density at radius 2 is 1.55 bits per heavy atom. The van der Waals surface area contributed by atoms with Gasteiger partial charge in [0, 0.05) is 16.8 Å². The van der Waals surface area contributed by atoms with E-state index in [0.29, 0.717) is 4.90 Å². The highest BCUT2D eigenvalue weighted by atomic mass is 32.2. The second-order valence-corrected chi connectivity index (χ2v) is 7.26. The maximum absolute atomic E-state index is 13.6. The quantitative estimate of drug-likeness (QED) is 0.884. The van der Waals surface area contributed by atoms with E-state index < -0.39 is 21.5 Å². The lowest BCUT2D eigenvalue weighted by molar-refractivity contribution is 0.542. The molecule has 0 aliphatic heterocycles. The van der Waals surface area contributed by atoms with Crippen molar-refractivity contribution in [1.29, 1.82) is 0 Å². The minimum atomic E-state index is -3.29. The topological polar surface area (TPSA) is 60.2 Å². The highest BCUT2D eigenvalue weighted by Crippen LogP contribution is 2.33. The van der Waals surface area contributed by atoms with Gasteiger partial charge >= 0.3 is 0 Å². The Balaban J connectivity index is 2.32. The van der Waals surface area contributed by atoms with Crippen molar-refractivity contribution in [3.8, 4) is 0 Å². The van der Waals surface area contributed by atoms with Gasteiger partial charge in [0.2, 0.25) is 0 Å². The van der Waals surface area contributed by atoms with Crippen LogP contribution >= 0.6 is 11.8 Å². The molecule has 7 heteroatoms. The second kappa shape index (κ2) is 5.41. The fraction of sp³-hybridized carbons (Fsp3) is 0.0769. The average Bonchev–Trinajstić information content (AvgIpc) is 2.33. The van der Waals surface area contributed by atoms with E-state index in [-0.39, 0.29) is 15.5 Å².